The van der Waals surface area contributed by atoms with Crippen molar-refractivity contribution in [2.75, 3.05) is 19.6 Å². The van der Waals surface area contributed by atoms with Gasteiger partial charge in [-0.1, -0.05) is 24.6 Å². The lowest BCUT2D eigenvalue weighted by Gasteiger charge is -2.33. The molecule has 1 fully saturated rings. The van der Waals surface area contributed by atoms with E-state index < -0.39 is 0 Å². The fourth-order valence-corrected chi connectivity index (χ4v) is 3.68. The molecule has 0 aliphatic carbocycles. The van der Waals surface area contributed by atoms with Crippen molar-refractivity contribution >= 4 is 16.7 Å². The predicted molar refractivity (Wildman–Crippen MR) is 102 cm³/mol. The van der Waals surface area contributed by atoms with Gasteiger partial charge in [0.25, 0.3) is 11.5 Å². The average molecular weight is 366 g/mol. The van der Waals surface area contributed by atoms with Crippen LogP contribution in [0.2, 0.25) is 0 Å². The number of H-pyrrole nitrogens is 1. The van der Waals surface area contributed by atoms with E-state index in [1.54, 1.807) is 30.5 Å². The van der Waals surface area contributed by atoms with Crippen molar-refractivity contribution in [3.63, 3.8) is 0 Å². The highest BCUT2D eigenvalue weighted by atomic mass is 16.3. The number of aromatic amines is 1. The fraction of sp³-hybridized carbons (Fsp3) is 0.350. The number of nitrogens with zero attached hydrogens (tertiary/aromatic N) is 2. The van der Waals surface area contributed by atoms with Crippen LogP contribution >= 0.6 is 0 Å². The molecule has 27 heavy (non-hydrogen) atoms. The van der Waals surface area contributed by atoms with Crippen LogP contribution in [0.4, 0.5) is 0 Å². The summed E-state index contributed by atoms with van der Waals surface area (Å²) in [6.45, 7) is 2.39. The Kier molecular flexibility index (Phi) is 5.02. The van der Waals surface area contributed by atoms with E-state index in [0.29, 0.717) is 17.3 Å². The van der Waals surface area contributed by atoms with E-state index in [-0.39, 0.29) is 23.2 Å². The van der Waals surface area contributed by atoms with Gasteiger partial charge in [-0.3, -0.25) is 14.5 Å². The van der Waals surface area contributed by atoms with E-state index in [1.807, 2.05) is 12.1 Å². The van der Waals surface area contributed by atoms with Crippen molar-refractivity contribution in [3.8, 4) is 0 Å². The molecular formula is C20H22N4O3. The average Bonchev–Trinajstić information content (AvgIpc) is 3.24. The van der Waals surface area contributed by atoms with Gasteiger partial charge in [-0.05, 0) is 44.1 Å². The minimum atomic E-state index is -0.309. The second-order valence-electron chi connectivity index (χ2n) is 6.78. The molecule has 3 heterocycles. The zero-order valence-corrected chi connectivity index (χ0v) is 15.0. The second-order valence-corrected chi connectivity index (χ2v) is 6.78. The first kappa shape index (κ1) is 17.5. The lowest BCUT2D eigenvalue weighted by Crippen LogP contribution is -2.40. The van der Waals surface area contributed by atoms with Crippen molar-refractivity contribution in [2.45, 2.75) is 25.3 Å². The number of furan rings is 1. The monoisotopic (exact) mass is 366 g/mol. The van der Waals surface area contributed by atoms with Crippen LogP contribution < -0.4 is 10.9 Å². The minimum absolute atomic E-state index is 0.0155. The zero-order chi connectivity index (χ0) is 18.6. The van der Waals surface area contributed by atoms with Crippen LogP contribution in [0, 0.1) is 0 Å². The Hall–Kier alpha value is -2.93. The number of carbonyl (C=O) groups is 1. The number of rotatable bonds is 5. The summed E-state index contributed by atoms with van der Waals surface area (Å²) < 4.78 is 5.62. The largest absolute Gasteiger partial charge is 0.468 e. The zero-order valence-electron chi connectivity index (χ0n) is 15.0. The van der Waals surface area contributed by atoms with E-state index in [4.69, 9.17) is 4.42 Å². The number of amides is 1. The quantitative estimate of drug-likeness (QED) is 0.724. The molecule has 0 radical (unpaired) electrons. The number of likely N-dealkylation sites (tertiary alicyclic amines) is 1. The third-order valence-corrected chi connectivity index (χ3v) is 5.07. The smallest absolute Gasteiger partial charge is 0.272 e. The molecule has 1 aromatic carbocycles. The topological polar surface area (TPSA) is 91.2 Å². The first-order valence-corrected chi connectivity index (χ1v) is 9.27. The molecule has 1 aliphatic heterocycles. The van der Waals surface area contributed by atoms with Crippen molar-refractivity contribution < 1.29 is 9.21 Å². The van der Waals surface area contributed by atoms with Gasteiger partial charge in [0.1, 0.15) is 5.76 Å². The Balaban J connectivity index is 1.55. The van der Waals surface area contributed by atoms with E-state index in [2.05, 4.69) is 20.4 Å². The van der Waals surface area contributed by atoms with Crippen LogP contribution in [0.25, 0.3) is 10.8 Å². The molecular weight excluding hydrogens is 344 g/mol. The molecule has 0 saturated carbocycles. The standard InChI is InChI=1S/C20H22N4O3/c25-19-15-8-3-2-7-14(15)18(22-23-19)20(26)21-13-16(17-9-6-12-27-17)24-10-4-1-5-11-24/h2-3,6-9,12,16H,1,4-5,10-11,13H2,(H,21,26)(H,23,25). The van der Waals surface area contributed by atoms with E-state index in [0.717, 1.165) is 31.7 Å². The van der Waals surface area contributed by atoms with Crippen LogP contribution in [-0.4, -0.2) is 40.6 Å². The molecule has 1 atom stereocenters. The highest BCUT2D eigenvalue weighted by Gasteiger charge is 2.25. The van der Waals surface area contributed by atoms with Gasteiger partial charge in [0.05, 0.1) is 17.7 Å². The third-order valence-electron chi connectivity index (χ3n) is 5.07. The number of hydrogen-bond donors (Lipinski definition) is 2. The minimum Gasteiger partial charge on any atom is -0.468 e. The molecule has 1 amide bonds. The second kappa shape index (κ2) is 7.75. The molecule has 7 nitrogen and oxygen atoms in total. The van der Waals surface area contributed by atoms with E-state index in [9.17, 15) is 9.59 Å². The van der Waals surface area contributed by atoms with Crippen LogP contribution in [0.3, 0.4) is 0 Å². The maximum absolute atomic E-state index is 12.8. The Morgan fingerprint density at radius 3 is 2.67 bits per heavy atom. The highest BCUT2D eigenvalue weighted by Crippen LogP contribution is 2.24. The van der Waals surface area contributed by atoms with Crippen LogP contribution in [0.15, 0.2) is 51.9 Å². The Morgan fingerprint density at radius 2 is 1.93 bits per heavy atom. The van der Waals surface area contributed by atoms with Gasteiger partial charge in [-0.15, -0.1) is 0 Å². The van der Waals surface area contributed by atoms with Crippen molar-refractivity contribution in [1.29, 1.82) is 0 Å². The Labute approximate surface area is 156 Å². The number of aromatic nitrogens is 2. The molecule has 140 valence electrons. The number of carbonyl (C=O) groups excluding carboxylic acids is 1. The summed E-state index contributed by atoms with van der Waals surface area (Å²) in [5.74, 6) is 0.535. The summed E-state index contributed by atoms with van der Waals surface area (Å²) in [7, 11) is 0. The first-order chi connectivity index (χ1) is 13.2. The maximum atomic E-state index is 12.8. The Bertz CT molecular complexity index is 974. The summed E-state index contributed by atoms with van der Waals surface area (Å²) in [6, 6.07) is 10.8. The highest BCUT2D eigenvalue weighted by molar-refractivity contribution is 6.04. The molecule has 1 aliphatic rings. The molecule has 0 bridgehead atoms. The number of benzene rings is 1. The van der Waals surface area contributed by atoms with Gasteiger partial charge in [-0.25, -0.2) is 5.10 Å². The normalized spacial score (nSPS) is 16.3. The molecule has 0 spiro atoms. The van der Waals surface area contributed by atoms with E-state index >= 15 is 0 Å². The summed E-state index contributed by atoms with van der Waals surface area (Å²) >= 11 is 0. The molecule has 3 aromatic rings. The van der Waals surface area contributed by atoms with Gasteiger partial charge >= 0.3 is 0 Å². The predicted octanol–water partition coefficient (Wildman–Crippen LogP) is 2.47. The van der Waals surface area contributed by atoms with Crippen LogP contribution in [0.5, 0.6) is 0 Å². The van der Waals surface area contributed by atoms with Crippen molar-refractivity contribution in [3.05, 3.63) is 64.5 Å². The summed E-state index contributed by atoms with van der Waals surface area (Å²) in [4.78, 5) is 27.0. The molecule has 2 N–H and O–H groups in total. The molecule has 1 unspecified atom stereocenters. The number of fused-ring (bicyclic) bond motifs is 1. The van der Waals surface area contributed by atoms with Gasteiger partial charge in [0, 0.05) is 11.9 Å². The Morgan fingerprint density at radius 1 is 1.15 bits per heavy atom. The fourth-order valence-electron chi connectivity index (χ4n) is 3.68. The van der Waals surface area contributed by atoms with Gasteiger partial charge in [-0.2, -0.15) is 5.10 Å². The summed E-state index contributed by atoms with van der Waals surface area (Å²) in [5.41, 5.74) is -0.0778. The van der Waals surface area contributed by atoms with Crippen LogP contribution in [0.1, 0.15) is 41.6 Å². The SMILES string of the molecule is O=C(NCC(c1ccco1)N1CCCCC1)c1n[nH]c(=O)c2ccccc12. The molecule has 4 rings (SSSR count). The molecule has 7 heteroatoms. The van der Waals surface area contributed by atoms with Crippen LogP contribution in [-0.2, 0) is 0 Å². The van der Waals surface area contributed by atoms with Gasteiger partial charge in [0.15, 0.2) is 5.69 Å². The van der Waals surface area contributed by atoms with Gasteiger partial charge < -0.3 is 9.73 Å². The number of hydrogen-bond acceptors (Lipinski definition) is 5. The number of piperidine rings is 1. The molecule has 1 saturated heterocycles. The van der Waals surface area contributed by atoms with Gasteiger partial charge in [0.2, 0.25) is 0 Å². The summed E-state index contributed by atoms with van der Waals surface area (Å²) in [5, 5.41) is 10.4. The lowest BCUT2D eigenvalue weighted by atomic mass is 10.1. The first-order valence-electron chi connectivity index (χ1n) is 9.27. The third kappa shape index (κ3) is 3.64. The maximum Gasteiger partial charge on any atom is 0.272 e. The summed E-state index contributed by atoms with van der Waals surface area (Å²) in [6.07, 6.45) is 5.20. The number of nitrogens with one attached hydrogen (secondary N) is 2. The van der Waals surface area contributed by atoms with Crippen molar-refractivity contribution in [1.82, 2.24) is 20.4 Å². The van der Waals surface area contributed by atoms with E-state index in [1.165, 1.54) is 6.42 Å². The molecule has 2 aromatic heterocycles. The lowest BCUT2D eigenvalue weighted by molar-refractivity contribution is 0.0910. The van der Waals surface area contributed by atoms with Crippen molar-refractivity contribution in [2.24, 2.45) is 0 Å².